The topological polar surface area (TPSA) is 52.1 Å². The van der Waals surface area contributed by atoms with E-state index in [1.54, 1.807) is 32.2 Å². The summed E-state index contributed by atoms with van der Waals surface area (Å²) in [5.41, 5.74) is 1.14. The van der Waals surface area contributed by atoms with Crippen molar-refractivity contribution in [2.24, 2.45) is 0 Å². The Morgan fingerprint density at radius 1 is 1.33 bits per heavy atom. The minimum absolute atomic E-state index is 0.417. The number of aryl methyl sites for hydroxylation is 1. The van der Waals surface area contributed by atoms with Crippen molar-refractivity contribution in [3.05, 3.63) is 29.7 Å². The highest BCUT2D eigenvalue weighted by Gasteiger charge is 2.05. The molecule has 15 heavy (non-hydrogen) atoms. The molecule has 76 valence electrons. The van der Waals surface area contributed by atoms with Gasteiger partial charge in [0.15, 0.2) is 6.29 Å². The number of hydrogen-bond donors (Lipinski definition) is 0. The minimum Gasteiger partial charge on any atom is -0.497 e. The number of nitrogens with zero attached hydrogens (tertiary/aromatic N) is 2. The first kappa shape index (κ1) is 9.58. The van der Waals surface area contributed by atoms with Crippen LogP contribution in [-0.4, -0.2) is 23.4 Å². The Hall–Kier alpha value is -1.97. The summed E-state index contributed by atoms with van der Waals surface area (Å²) in [5.74, 6) is 1.30. The van der Waals surface area contributed by atoms with Crippen molar-refractivity contribution in [3.8, 4) is 5.75 Å². The van der Waals surface area contributed by atoms with Crippen molar-refractivity contribution in [2.45, 2.75) is 6.92 Å². The molecule has 0 spiro atoms. The fourth-order valence-electron chi connectivity index (χ4n) is 1.47. The first-order valence-corrected chi connectivity index (χ1v) is 4.52. The molecule has 0 N–H and O–H groups in total. The molecule has 0 aliphatic rings. The van der Waals surface area contributed by atoms with E-state index in [1.807, 2.05) is 0 Å². The molecule has 0 radical (unpaired) electrons. The van der Waals surface area contributed by atoms with Crippen LogP contribution in [-0.2, 0) is 0 Å². The largest absolute Gasteiger partial charge is 0.497 e. The number of hydrogen-bond acceptors (Lipinski definition) is 4. The second-order valence-electron chi connectivity index (χ2n) is 3.16. The highest BCUT2D eigenvalue weighted by molar-refractivity contribution is 5.94. The minimum atomic E-state index is 0.417. The van der Waals surface area contributed by atoms with Crippen LogP contribution in [0.2, 0.25) is 0 Å². The van der Waals surface area contributed by atoms with E-state index in [2.05, 4.69) is 9.97 Å². The number of carbonyl (C=O) groups is 1. The van der Waals surface area contributed by atoms with Crippen molar-refractivity contribution < 1.29 is 9.53 Å². The van der Waals surface area contributed by atoms with Crippen LogP contribution in [0.25, 0.3) is 10.9 Å². The van der Waals surface area contributed by atoms with Crippen LogP contribution in [0.4, 0.5) is 0 Å². The molecule has 4 heteroatoms. The number of aromatic nitrogens is 2. The molecule has 0 saturated carbocycles. The van der Waals surface area contributed by atoms with Crippen LogP contribution in [0.3, 0.4) is 0 Å². The first-order valence-electron chi connectivity index (χ1n) is 4.52. The van der Waals surface area contributed by atoms with Crippen LogP contribution in [0.1, 0.15) is 16.3 Å². The summed E-state index contributed by atoms with van der Waals surface area (Å²) >= 11 is 0. The molecule has 4 nitrogen and oxygen atoms in total. The van der Waals surface area contributed by atoms with E-state index in [1.165, 1.54) is 0 Å². The predicted molar refractivity (Wildman–Crippen MR) is 56.2 cm³/mol. The summed E-state index contributed by atoms with van der Waals surface area (Å²) in [6.07, 6.45) is 0.740. The van der Waals surface area contributed by atoms with Crippen molar-refractivity contribution in [2.75, 3.05) is 7.11 Å². The Bertz CT molecular complexity index is 523. The average Bonchev–Trinajstić information content (AvgIpc) is 2.26. The van der Waals surface area contributed by atoms with E-state index < -0.39 is 0 Å². The normalized spacial score (nSPS) is 10.3. The summed E-state index contributed by atoms with van der Waals surface area (Å²) in [6.45, 7) is 1.76. The van der Waals surface area contributed by atoms with Gasteiger partial charge < -0.3 is 4.74 Å². The third kappa shape index (κ3) is 1.66. The van der Waals surface area contributed by atoms with Gasteiger partial charge in [0.2, 0.25) is 0 Å². The Kier molecular flexibility index (Phi) is 2.33. The zero-order valence-corrected chi connectivity index (χ0v) is 8.52. The molecular weight excluding hydrogens is 192 g/mol. The second-order valence-corrected chi connectivity index (χ2v) is 3.16. The molecule has 0 unspecified atom stereocenters. The van der Waals surface area contributed by atoms with Gasteiger partial charge in [-0.25, -0.2) is 9.97 Å². The van der Waals surface area contributed by atoms with Crippen LogP contribution in [0.5, 0.6) is 5.75 Å². The van der Waals surface area contributed by atoms with Gasteiger partial charge in [0.1, 0.15) is 17.3 Å². The lowest BCUT2D eigenvalue weighted by molar-refractivity contribution is 0.112. The van der Waals surface area contributed by atoms with Gasteiger partial charge in [0.25, 0.3) is 0 Å². The van der Waals surface area contributed by atoms with E-state index in [0.717, 1.165) is 22.9 Å². The van der Waals surface area contributed by atoms with E-state index in [0.29, 0.717) is 11.5 Å². The molecule has 0 fully saturated rings. The van der Waals surface area contributed by atoms with Crippen molar-refractivity contribution in [3.63, 3.8) is 0 Å². The zero-order valence-electron chi connectivity index (χ0n) is 8.52. The number of benzene rings is 1. The van der Waals surface area contributed by atoms with Crippen molar-refractivity contribution in [1.82, 2.24) is 9.97 Å². The number of fused-ring (bicyclic) bond motifs is 1. The molecule has 2 rings (SSSR count). The number of rotatable bonds is 2. The quantitative estimate of drug-likeness (QED) is 0.696. The van der Waals surface area contributed by atoms with Gasteiger partial charge in [0, 0.05) is 11.5 Å². The van der Waals surface area contributed by atoms with Gasteiger partial charge in [-0.05, 0) is 19.1 Å². The number of ether oxygens (including phenoxy) is 1. The lowest BCUT2D eigenvalue weighted by Crippen LogP contribution is -1.96. The predicted octanol–water partition coefficient (Wildman–Crippen LogP) is 1.76. The molecule has 1 heterocycles. The first-order chi connectivity index (χ1) is 7.24. The summed E-state index contributed by atoms with van der Waals surface area (Å²) < 4.78 is 5.09. The fourth-order valence-corrected chi connectivity index (χ4v) is 1.47. The second kappa shape index (κ2) is 3.65. The van der Waals surface area contributed by atoms with Gasteiger partial charge in [-0.2, -0.15) is 0 Å². The number of methoxy groups -OCH3 is 1. The highest BCUT2D eigenvalue weighted by atomic mass is 16.5. The number of carbonyl (C=O) groups excluding carboxylic acids is 1. The maximum Gasteiger partial charge on any atom is 0.169 e. The van der Waals surface area contributed by atoms with Gasteiger partial charge in [-0.15, -0.1) is 0 Å². The SMILES string of the molecule is COc1ccc2c(C=O)nc(C)nc2c1. The van der Waals surface area contributed by atoms with E-state index in [9.17, 15) is 4.79 Å². The van der Waals surface area contributed by atoms with Gasteiger partial charge in [-0.1, -0.05) is 0 Å². The molecule has 1 aromatic heterocycles. The molecule has 0 aliphatic carbocycles. The van der Waals surface area contributed by atoms with Gasteiger partial charge >= 0.3 is 0 Å². The van der Waals surface area contributed by atoms with Crippen LogP contribution in [0.15, 0.2) is 18.2 Å². The highest BCUT2D eigenvalue weighted by Crippen LogP contribution is 2.20. The van der Waals surface area contributed by atoms with E-state index >= 15 is 0 Å². The monoisotopic (exact) mass is 202 g/mol. The molecule has 0 atom stereocenters. The lowest BCUT2D eigenvalue weighted by Gasteiger charge is -2.04. The fraction of sp³-hybridized carbons (Fsp3) is 0.182. The zero-order chi connectivity index (χ0) is 10.8. The third-order valence-corrected chi connectivity index (χ3v) is 2.16. The van der Waals surface area contributed by atoms with Crippen molar-refractivity contribution in [1.29, 1.82) is 0 Å². The molecule has 1 aromatic carbocycles. The smallest absolute Gasteiger partial charge is 0.169 e. The third-order valence-electron chi connectivity index (χ3n) is 2.16. The van der Waals surface area contributed by atoms with Gasteiger partial charge in [-0.3, -0.25) is 4.79 Å². The Labute approximate surface area is 86.9 Å². The van der Waals surface area contributed by atoms with E-state index in [4.69, 9.17) is 4.74 Å². The van der Waals surface area contributed by atoms with Crippen LogP contribution < -0.4 is 4.74 Å². The molecule has 0 aliphatic heterocycles. The Morgan fingerprint density at radius 3 is 2.80 bits per heavy atom. The number of aldehydes is 1. The lowest BCUT2D eigenvalue weighted by atomic mass is 10.2. The molecule has 0 saturated heterocycles. The standard InChI is InChI=1S/C11H10N2O2/c1-7-12-10-5-8(15-2)3-4-9(10)11(6-14)13-7/h3-6H,1-2H3. The molecule has 2 aromatic rings. The van der Waals surface area contributed by atoms with Crippen LogP contribution in [0, 0.1) is 6.92 Å². The Balaban J connectivity index is 2.77. The summed E-state index contributed by atoms with van der Waals surface area (Å²) in [7, 11) is 1.59. The molecule has 0 bridgehead atoms. The summed E-state index contributed by atoms with van der Waals surface area (Å²) in [5, 5.41) is 0.747. The maximum atomic E-state index is 10.8. The summed E-state index contributed by atoms with van der Waals surface area (Å²) in [6, 6.07) is 5.36. The van der Waals surface area contributed by atoms with Crippen molar-refractivity contribution >= 4 is 17.2 Å². The maximum absolute atomic E-state index is 10.8. The average molecular weight is 202 g/mol. The summed E-state index contributed by atoms with van der Waals surface area (Å²) in [4.78, 5) is 19.1. The molecular formula is C11H10N2O2. The molecule has 0 amide bonds. The van der Waals surface area contributed by atoms with Crippen LogP contribution >= 0.6 is 0 Å². The Morgan fingerprint density at radius 2 is 2.13 bits per heavy atom. The van der Waals surface area contributed by atoms with Gasteiger partial charge in [0.05, 0.1) is 12.6 Å². The van der Waals surface area contributed by atoms with E-state index in [-0.39, 0.29) is 0 Å².